The first-order chi connectivity index (χ1) is 9.62. The third-order valence-corrected chi connectivity index (χ3v) is 4.63. The average molecular weight is 275 g/mol. The van der Waals surface area contributed by atoms with Crippen LogP contribution in [0.15, 0.2) is 24.3 Å². The van der Waals surface area contributed by atoms with Gasteiger partial charge in [0.1, 0.15) is 5.69 Å². The normalized spacial score (nSPS) is 20.9. The second-order valence-electron chi connectivity index (χ2n) is 5.96. The summed E-state index contributed by atoms with van der Waals surface area (Å²) in [6.07, 6.45) is 7.17. The summed E-state index contributed by atoms with van der Waals surface area (Å²) in [7, 11) is 1.97. The quantitative estimate of drug-likeness (QED) is 0.510. The molecule has 5 heteroatoms. The maximum atomic E-state index is 11.2. The van der Waals surface area contributed by atoms with E-state index in [0.29, 0.717) is 11.7 Å². The maximum Gasteiger partial charge on any atom is 0.292 e. The van der Waals surface area contributed by atoms with E-state index in [2.05, 4.69) is 10.2 Å². The van der Waals surface area contributed by atoms with Gasteiger partial charge < -0.3 is 4.90 Å². The SMILES string of the molecule is CN(c1ccccc1[N+](=O)[O-])C1(NC2CCCC2)CC1. The molecule has 0 aliphatic heterocycles. The van der Waals surface area contributed by atoms with Crippen molar-refractivity contribution in [2.24, 2.45) is 0 Å². The van der Waals surface area contributed by atoms with Crippen molar-refractivity contribution in [3.63, 3.8) is 0 Å². The average Bonchev–Trinajstić information content (AvgIpc) is 3.04. The lowest BCUT2D eigenvalue weighted by Gasteiger charge is -2.33. The third-order valence-electron chi connectivity index (χ3n) is 4.63. The monoisotopic (exact) mass is 275 g/mol. The number of hydrogen-bond donors (Lipinski definition) is 1. The van der Waals surface area contributed by atoms with Gasteiger partial charge in [0.15, 0.2) is 0 Å². The van der Waals surface area contributed by atoms with E-state index < -0.39 is 0 Å². The van der Waals surface area contributed by atoms with Gasteiger partial charge in [-0.15, -0.1) is 0 Å². The highest BCUT2D eigenvalue weighted by Crippen LogP contribution is 2.44. The van der Waals surface area contributed by atoms with Crippen molar-refractivity contribution in [1.82, 2.24) is 5.32 Å². The highest BCUT2D eigenvalue weighted by atomic mass is 16.6. The van der Waals surface area contributed by atoms with E-state index in [9.17, 15) is 10.1 Å². The van der Waals surface area contributed by atoms with Crippen LogP contribution in [0, 0.1) is 10.1 Å². The number of hydrogen-bond acceptors (Lipinski definition) is 4. The Morgan fingerprint density at radius 1 is 1.30 bits per heavy atom. The summed E-state index contributed by atoms with van der Waals surface area (Å²) in [4.78, 5) is 13.0. The van der Waals surface area contributed by atoms with E-state index in [1.165, 1.54) is 25.7 Å². The van der Waals surface area contributed by atoms with Crippen LogP contribution in [-0.4, -0.2) is 23.7 Å². The van der Waals surface area contributed by atoms with Gasteiger partial charge in [-0.05, 0) is 31.7 Å². The molecule has 0 radical (unpaired) electrons. The molecule has 2 saturated carbocycles. The van der Waals surface area contributed by atoms with Crippen LogP contribution in [-0.2, 0) is 0 Å². The molecule has 0 bridgehead atoms. The summed E-state index contributed by atoms with van der Waals surface area (Å²) in [5.41, 5.74) is 0.830. The van der Waals surface area contributed by atoms with E-state index in [1.807, 2.05) is 19.2 Å². The topological polar surface area (TPSA) is 58.4 Å². The summed E-state index contributed by atoms with van der Waals surface area (Å²) in [6, 6.07) is 7.58. The van der Waals surface area contributed by atoms with Crippen LogP contribution in [0.3, 0.4) is 0 Å². The fourth-order valence-electron chi connectivity index (χ4n) is 3.28. The molecular weight excluding hydrogens is 254 g/mol. The Hall–Kier alpha value is -1.62. The Morgan fingerprint density at radius 2 is 1.95 bits per heavy atom. The zero-order valence-electron chi connectivity index (χ0n) is 11.8. The first-order valence-electron chi connectivity index (χ1n) is 7.37. The highest BCUT2D eigenvalue weighted by molar-refractivity contribution is 5.64. The van der Waals surface area contributed by atoms with Crippen LogP contribution >= 0.6 is 0 Å². The van der Waals surface area contributed by atoms with Crippen LogP contribution in [0.5, 0.6) is 0 Å². The van der Waals surface area contributed by atoms with Gasteiger partial charge >= 0.3 is 0 Å². The summed E-state index contributed by atoms with van der Waals surface area (Å²) in [5.74, 6) is 0. The van der Waals surface area contributed by atoms with Gasteiger partial charge in [0.2, 0.25) is 0 Å². The predicted molar refractivity (Wildman–Crippen MR) is 78.9 cm³/mol. The predicted octanol–water partition coefficient (Wildman–Crippen LogP) is 3.05. The van der Waals surface area contributed by atoms with Crippen LogP contribution < -0.4 is 10.2 Å². The Labute approximate surface area is 119 Å². The Balaban J connectivity index is 1.81. The lowest BCUT2D eigenvalue weighted by atomic mass is 10.2. The van der Waals surface area contributed by atoms with Gasteiger partial charge in [0, 0.05) is 19.2 Å². The van der Waals surface area contributed by atoms with Gasteiger partial charge in [-0.1, -0.05) is 25.0 Å². The fourth-order valence-corrected chi connectivity index (χ4v) is 3.28. The molecule has 0 saturated heterocycles. The first kappa shape index (κ1) is 13.4. The van der Waals surface area contributed by atoms with Crippen LogP contribution in [0.2, 0.25) is 0 Å². The Kier molecular flexibility index (Phi) is 3.38. The molecule has 1 aromatic carbocycles. The van der Waals surface area contributed by atoms with E-state index in [1.54, 1.807) is 12.1 Å². The molecule has 108 valence electrons. The van der Waals surface area contributed by atoms with Crippen LogP contribution in [0.4, 0.5) is 11.4 Å². The summed E-state index contributed by atoms with van der Waals surface area (Å²) >= 11 is 0. The lowest BCUT2D eigenvalue weighted by molar-refractivity contribution is -0.384. The summed E-state index contributed by atoms with van der Waals surface area (Å²) in [5, 5.41) is 14.9. The number of benzene rings is 1. The van der Waals surface area contributed by atoms with Crippen molar-refractivity contribution in [3.05, 3.63) is 34.4 Å². The molecule has 0 spiro atoms. The molecule has 0 amide bonds. The third kappa shape index (κ3) is 2.38. The number of nitrogens with zero attached hydrogens (tertiary/aromatic N) is 2. The van der Waals surface area contributed by atoms with Gasteiger partial charge in [-0.3, -0.25) is 15.4 Å². The molecule has 2 aliphatic carbocycles. The molecule has 0 atom stereocenters. The zero-order chi connectivity index (χ0) is 14.2. The number of anilines is 1. The van der Waals surface area contributed by atoms with Gasteiger partial charge in [0.05, 0.1) is 10.6 Å². The van der Waals surface area contributed by atoms with Crippen molar-refractivity contribution in [2.75, 3.05) is 11.9 Å². The molecule has 3 rings (SSSR count). The molecule has 5 nitrogen and oxygen atoms in total. The minimum Gasteiger partial charge on any atom is -0.351 e. The number of nitro benzene ring substituents is 1. The standard InChI is InChI=1S/C15H21N3O2/c1-17(13-8-4-5-9-14(13)18(19)20)15(10-11-15)16-12-6-2-3-7-12/h4-5,8-9,12,16H,2-3,6-7,10-11H2,1H3. The molecular formula is C15H21N3O2. The van der Waals surface area contributed by atoms with Crippen molar-refractivity contribution >= 4 is 11.4 Å². The molecule has 1 aromatic rings. The van der Waals surface area contributed by atoms with Crippen LogP contribution in [0.25, 0.3) is 0 Å². The van der Waals surface area contributed by atoms with Gasteiger partial charge in [-0.25, -0.2) is 0 Å². The molecule has 20 heavy (non-hydrogen) atoms. The zero-order valence-corrected chi connectivity index (χ0v) is 11.8. The molecule has 0 aromatic heterocycles. The molecule has 1 N–H and O–H groups in total. The smallest absolute Gasteiger partial charge is 0.292 e. The second-order valence-corrected chi connectivity index (χ2v) is 5.96. The van der Waals surface area contributed by atoms with E-state index >= 15 is 0 Å². The van der Waals surface area contributed by atoms with Crippen molar-refractivity contribution in [3.8, 4) is 0 Å². The Bertz CT molecular complexity index is 508. The highest BCUT2D eigenvalue weighted by Gasteiger charge is 2.49. The van der Waals surface area contributed by atoms with E-state index in [-0.39, 0.29) is 16.3 Å². The van der Waals surface area contributed by atoms with Gasteiger partial charge in [-0.2, -0.15) is 0 Å². The van der Waals surface area contributed by atoms with Crippen LogP contribution in [0.1, 0.15) is 38.5 Å². The van der Waals surface area contributed by atoms with Gasteiger partial charge in [0.25, 0.3) is 5.69 Å². The minimum atomic E-state index is -0.294. The molecule has 2 aliphatic rings. The minimum absolute atomic E-state index is 0.0683. The number of para-hydroxylation sites is 2. The Morgan fingerprint density at radius 3 is 2.55 bits per heavy atom. The fraction of sp³-hybridized carbons (Fsp3) is 0.600. The molecule has 0 unspecified atom stereocenters. The molecule has 0 heterocycles. The number of nitrogens with one attached hydrogen (secondary N) is 1. The lowest BCUT2D eigenvalue weighted by Crippen LogP contribution is -2.50. The van der Waals surface area contributed by atoms with E-state index in [0.717, 1.165) is 12.8 Å². The van der Waals surface area contributed by atoms with Crippen molar-refractivity contribution in [2.45, 2.75) is 50.2 Å². The largest absolute Gasteiger partial charge is 0.351 e. The molecule has 2 fully saturated rings. The number of nitro groups is 1. The van der Waals surface area contributed by atoms with E-state index in [4.69, 9.17) is 0 Å². The maximum absolute atomic E-state index is 11.2. The first-order valence-corrected chi connectivity index (χ1v) is 7.37. The van der Waals surface area contributed by atoms with Crippen molar-refractivity contribution < 1.29 is 4.92 Å². The summed E-state index contributed by atoms with van der Waals surface area (Å²) in [6.45, 7) is 0. The van der Waals surface area contributed by atoms with Crippen molar-refractivity contribution in [1.29, 1.82) is 0 Å². The second kappa shape index (κ2) is 5.05. The number of rotatable bonds is 5. The summed E-state index contributed by atoms with van der Waals surface area (Å²) < 4.78 is 0.